The molecule has 4 nitrogen and oxygen atoms in total. The predicted octanol–water partition coefficient (Wildman–Crippen LogP) is 3.31. The van der Waals surface area contributed by atoms with E-state index in [4.69, 9.17) is 17.3 Å². The minimum absolute atomic E-state index is 0.00259. The second-order valence-corrected chi connectivity index (χ2v) is 6.50. The lowest BCUT2D eigenvalue weighted by Crippen LogP contribution is -2.15. The Balaban J connectivity index is 2.48. The number of halogens is 3. The zero-order chi connectivity index (χ0) is 15.8. The van der Waals surface area contributed by atoms with E-state index in [1.54, 1.807) is 6.92 Å². The van der Waals surface area contributed by atoms with Gasteiger partial charge in [-0.3, -0.25) is 4.72 Å². The van der Waals surface area contributed by atoms with Crippen LogP contribution in [0.5, 0.6) is 0 Å². The summed E-state index contributed by atoms with van der Waals surface area (Å²) in [6.45, 7) is 1.60. The van der Waals surface area contributed by atoms with Gasteiger partial charge in [-0.15, -0.1) is 0 Å². The van der Waals surface area contributed by atoms with Gasteiger partial charge in [-0.2, -0.15) is 0 Å². The standard InChI is InChI=1S/C13H11ClF2N2O2S/c1-7-2-8(15)4-10(3-7)18-21(19,20)12-6-9(17)5-11(14)13(12)16/h2-6,18H,17H2,1H3. The predicted molar refractivity (Wildman–Crippen MR) is 77.8 cm³/mol. The number of nitrogen functional groups attached to an aromatic ring is 1. The van der Waals surface area contributed by atoms with Crippen molar-refractivity contribution in [2.75, 3.05) is 10.5 Å². The summed E-state index contributed by atoms with van der Waals surface area (Å²) < 4.78 is 53.5. The van der Waals surface area contributed by atoms with Crippen molar-refractivity contribution in [2.24, 2.45) is 0 Å². The van der Waals surface area contributed by atoms with Gasteiger partial charge in [-0.05, 0) is 42.8 Å². The summed E-state index contributed by atoms with van der Waals surface area (Å²) in [5, 5.41) is -0.411. The van der Waals surface area contributed by atoms with Crippen LogP contribution in [0.15, 0.2) is 35.2 Å². The number of nitrogens with one attached hydrogen (secondary N) is 1. The molecule has 0 radical (unpaired) electrons. The van der Waals surface area contributed by atoms with E-state index in [2.05, 4.69) is 4.72 Å². The quantitative estimate of drug-likeness (QED) is 0.847. The number of hydrogen-bond donors (Lipinski definition) is 2. The number of anilines is 2. The topological polar surface area (TPSA) is 72.2 Å². The highest BCUT2D eigenvalue weighted by Gasteiger charge is 2.22. The minimum atomic E-state index is -4.28. The van der Waals surface area contributed by atoms with Gasteiger partial charge >= 0.3 is 0 Å². The van der Waals surface area contributed by atoms with E-state index in [0.717, 1.165) is 18.2 Å². The van der Waals surface area contributed by atoms with Gasteiger partial charge in [0.2, 0.25) is 0 Å². The number of sulfonamides is 1. The second kappa shape index (κ2) is 5.50. The van der Waals surface area contributed by atoms with Crippen LogP contribution in [0.4, 0.5) is 20.2 Å². The first kappa shape index (κ1) is 15.5. The molecule has 0 fully saturated rings. The van der Waals surface area contributed by atoms with Gasteiger partial charge in [0.25, 0.3) is 10.0 Å². The van der Waals surface area contributed by atoms with E-state index < -0.39 is 31.6 Å². The van der Waals surface area contributed by atoms with E-state index in [1.807, 2.05) is 0 Å². The molecule has 0 aliphatic rings. The van der Waals surface area contributed by atoms with E-state index >= 15 is 0 Å². The lowest BCUT2D eigenvalue weighted by atomic mass is 10.2. The van der Waals surface area contributed by atoms with Crippen molar-refractivity contribution >= 4 is 33.0 Å². The van der Waals surface area contributed by atoms with Gasteiger partial charge in [0.05, 0.1) is 10.7 Å². The molecule has 0 bridgehead atoms. The fraction of sp³-hybridized carbons (Fsp3) is 0.0769. The molecule has 0 saturated carbocycles. The Labute approximate surface area is 125 Å². The van der Waals surface area contributed by atoms with Crippen molar-refractivity contribution in [3.63, 3.8) is 0 Å². The fourth-order valence-corrected chi connectivity index (χ4v) is 3.24. The van der Waals surface area contributed by atoms with Crippen LogP contribution in [-0.4, -0.2) is 8.42 Å². The Hall–Kier alpha value is -1.86. The third-order valence-corrected chi connectivity index (χ3v) is 4.26. The molecule has 0 aromatic heterocycles. The van der Waals surface area contributed by atoms with Crippen LogP contribution in [0.25, 0.3) is 0 Å². The van der Waals surface area contributed by atoms with Gasteiger partial charge in [0.15, 0.2) is 5.82 Å². The SMILES string of the molecule is Cc1cc(F)cc(NS(=O)(=O)c2cc(N)cc(Cl)c2F)c1. The van der Waals surface area contributed by atoms with Crippen LogP contribution in [0.2, 0.25) is 5.02 Å². The van der Waals surface area contributed by atoms with Crippen LogP contribution in [0, 0.1) is 18.6 Å². The maximum atomic E-state index is 13.9. The highest BCUT2D eigenvalue weighted by atomic mass is 35.5. The summed E-state index contributed by atoms with van der Waals surface area (Å²) in [6.07, 6.45) is 0. The van der Waals surface area contributed by atoms with E-state index in [0.29, 0.717) is 5.56 Å². The van der Waals surface area contributed by atoms with E-state index in [-0.39, 0.29) is 11.4 Å². The molecule has 3 N–H and O–H groups in total. The van der Waals surface area contributed by atoms with E-state index in [1.165, 1.54) is 12.1 Å². The van der Waals surface area contributed by atoms with Crippen LogP contribution in [0.1, 0.15) is 5.56 Å². The fourth-order valence-electron chi connectivity index (χ4n) is 1.78. The highest BCUT2D eigenvalue weighted by Crippen LogP contribution is 2.27. The first-order chi connectivity index (χ1) is 9.69. The Bertz CT molecular complexity index is 790. The summed E-state index contributed by atoms with van der Waals surface area (Å²) >= 11 is 5.57. The van der Waals surface area contributed by atoms with Gasteiger partial charge in [0, 0.05) is 5.69 Å². The van der Waals surface area contributed by atoms with Gasteiger partial charge in [-0.1, -0.05) is 11.6 Å². The van der Waals surface area contributed by atoms with Crippen molar-refractivity contribution in [1.29, 1.82) is 0 Å². The van der Waals surface area contributed by atoms with Gasteiger partial charge < -0.3 is 5.73 Å². The first-order valence-corrected chi connectivity index (χ1v) is 7.60. The van der Waals surface area contributed by atoms with Gasteiger partial charge in [0.1, 0.15) is 10.7 Å². The van der Waals surface area contributed by atoms with Crippen molar-refractivity contribution in [3.05, 3.63) is 52.6 Å². The van der Waals surface area contributed by atoms with Crippen LogP contribution in [-0.2, 0) is 10.0 Å². The normalized spacial score (nSPS) is 11.4. The molecule has 0 atom stereocenters. The Morgan fingerprint density at radius 2 is 1.81 bits per heavy atom. The number of rotatable bonds is 3. The van der Waals surface area contributed by atoms with Crippen LogP contribution >= 0.6 is 11.6 Å². The molecule has 2 aromatic rings. The maximum absolute atomic E-state index is 13.9. The molecule has 2 rings (SSSR count). The van der Waals surface area contributed by atoms with Crippen LogP contribution in [0.3, 0.4) is 0 Å². The molecule has 2 aromatic carbocycles. The zero-order valence-corrected chi connectivity index (χ0v) is 12.4. The Morgan fingerprint density at radius 3 is 2.43 bits per heavy atom. The number of nitrogens with two attached hydrogens (primary N) is 1. The van der Waals surface area contributed by atoms with E-state index in [9.17, 15) is 17.2 Å². The number of hydrogen-bond acceptors (Lipinski definition) is 3. The monoisotopic (exact) mass is 332 g/mol. The number of aryl methyl sites for hydroxylation is 1. The van der Waals surface area contributed by atoms with Crippen molar-refractivity contribution in [3.8, 4) is 0 Å². The molecule has 0 saturated heterocycles. The van der Waals surface area contributed by atoms with Crippen molar-refractivity contribution < 1.29 is 17.2 Å². The molecule has 0 aliphatic carbocycles. The average Bonchev–Trinajstić information content (AvgIpc) is 2.31. The smallest absolute Gasteiger partial charge is 0.264 e. The Morgan fingerprint density at radius 1 is 1.14 bits per heavy atom. The third kappa shape index (κ3) is 3.43. The van der Waals surface area contributed by atoms with Gasteiger partial charge in [-0.25, -0.2) is 17.2 Å². The molecule has 0 spiro atoms. The summed E-state index contributed by atoms with van der Waals surface area (Å²) in [4.78, 5) is -0.700. The first-order valence-electron chi connectivity index (χ1n) is 5.73. The van der Waals surface area contributed by atoms with Crippen molar-refractivity contribution in [1.82, 2.24) is 0 Å². The lowest BCUT2D eigenvalue weighted by molar-refractivity contribution is 0.571. The summed E-state index contributed by atoms with van der Waals surface area (Å²) in [5.41, 5.74) is 5.95. The largest absolute Gasteiger partial charge is 0.399 e. The molecular formula is C13H11ClF2N2O2S. The van der Waals surface area contributed by atoms with Crippen molar-refractivity contribution in [2.45, 2.75) is 11.8 Å². The molecule has 0 heterocycles. The summed E-state index contributed by atoms with van der Waals surface area (Å²) in [5.74, 6) is -1.73. The molecule has 0 unspecified atom stereocenters. The Kier molecular flexibility index (Phi) is 4.06. The second-order valence-electron chi connectivity index (χ2n) is 4.44. The van der Waals surface area contributed by atoms with Crippen LogP contribution < -0.4 is 10.5 Å². The third-order valence-electron chi connectivity index (χ3n) is 2.60. The molecule has 21 heavy (non-hydrogen) atoms. The zero-order valence-electron chi connectivity index (χ0n) is 10.8. The number of benzene rings is 2. The molecule has 0 aliphatic heterocycles. The minimum Gasteiger partial charge on any atom is -0.399 e. The molecule has 8 heteroatoms. The summed E-state index contributed by atoms with van der Waals surface area (Å²) in [6, 6.07) is 5.66. The highest BCUT2D eigenvalue weighted by molar-refractivity contribution is 7.92. The summed E-state index contributed by atoms with van der Waals surface area (Å²) in [7, 11) is -4.28. The lowest BCUT2D eigenvalue weighted by Gasteiger charge is -2.11. The maximum Gasteiger partial charge on any atom is 0.264 e. The average molecular weight is 333 g/mol. The molecule has 0 amide bonds. The molecular weight excluding hydrogens is 322 g/mol. The molecule has 112 valence electrons.